The van der Waals surface area contributed by atoms with Crippen LogP contribution in [0.1, 0.15) is 55.5 Å². The molecular weight excluding hydrogens is 260 g/mol. The van der Waals surface area contributed by atoms with Gasteiger partial charge in [-0.25, -0.2) is 14.8 Å². The van der Waals surface area contributed by atoms with E-state index in [1.54, 1.807) is 6.92 Å². The lowest BCUT2D eigenvalue weighted by Gasteiger charge is -2.12. The quantitative estimate of drug-likeness (QED) is 0.612. The highest BCUT2D eigenvalue weighted by molar-refractivity contribution is 7.99. The fourth-order valence-electron chi connectivity index (χ4n) is 1.91. The van der Waals surface area contributed by atoms with Crippen molar-refractivity contribution in [3.8, 4) is 0 Å². The van der Waals surface area contributed by atoms with E-state index in [1.165, 1.54) is 11.8 Å². The highest BCUT2D eigenvalue weighted by atomic mass is 32.2. The molecule has 19 heavy (non-hydrogen) atoms. The lowest BCUT2D eigenvalue weighted by Crippen LogP contribution is -2.10. The van der Waals surface area contributed by atoms with Gasteiger partial charge in [-0.3, -0.25) is 0 Å². The van der Waals surface area contributed by atoms with Crippen LogP contribution in [0.4, 0.5) is 0 Å². The van der Waals surface area contributed by atoms with Crippen molar-refractivity contribution in [2.75, 3.05) is 5.75 Å². The zero-order valence-corrected chi connectivity index (χ0v) is 12.9. The third kappa shape index (κ3) is 4.49. The molecular formula is C14H22N2O2S. The molecule has 1 aromatic rings. The Bertz CT molecular complexity index is 449. The van der Waals surface area contributed by atoms with Gasteiger partial charge in [-0.2, -0.15) is 0 Å². The fourth-order valence-corrected chi connectivity index (χ4v) is 3.07. The Hall–Kier alpha value is -1.10. The number of aryl methyl sites for hydroxylation is 2. The van der Waals surface area contributed by atoms with Crippen LogP contribution in [0.3, 0.4) is 0 Å². The van der Waals surface area contributed by atoms with E-state index in [2.05, 4.69) is 23.8 Å². The topological polar surface area (TPSA) is 63.1 Å². The van der Waals surface area contributed by atoms with Gasteiger partial charge < -0.3 is 5.11 Å². The molecule has 1 aromatic heterocycles. The summed E-state index contributed by atoms with van der Waals surface area (Å²) >= 11 is 1.54. The van der Waals surface area contributed by atoms with E-state index in [0.29, 0.717) is 22.5 Å². The molecule has 0 aromatic carbocycles. The van der Waals surface area contributed by atoms with Crippen molar-refractivity contribution in [2.45, 2.75) is 52.0 Å². The number of hydrogen-bond acceptors (Lipinski definition) is 4. The van der Waals surface area contributed by atoms with Gasteiger partial charge in [-0.15, -0.1) is 11.8 Å². The van der Waals surface area contributed by atoms with Crippen LogP contribution in [0, 0.1) is 12.8 Å². The Kier molecular flexibility index (Phi) is 6.28. The van der Waals surface area contributed by atoms with Crippen molar-refractivity contribution >= 4 is 17.7 Å². The van der Waals surface area contributed by atoms with Gasteiger partial charge in [0.2, 0.25) is 0 Å². The van der Waals surface area contributed by atoms with Crippen molar-refractivity contribution < 1.29 is 9.90 Å². The first-order valence-electron chi connectivity index (χ1n) is 6.73. The maximum Gasteiger partial charge on any atom is 0.340 e. The zero-order chi connectivity index (χ0) is 14.4. The predicted molar refractivity (Wildman–Crippen MR) is 77.9 cm³/mol. The fraction of sp³-hybridized carbons (Fsp3) is 0.643. The molecule has 0 bridgehead atoms. The Balaban J connectivity index is 2.96. The number of carbonyl (C=O) groups is 1. The molecule has 0 fully saturated rings. The second-order valence-electron chi connectivity index (χ2n) is 4.77. The van der Waals surface area contributed by atoms with E-state index in [9.17, 15) is 9.90 Å². The number of rotatable bonds is 7. The lowest BCUT2D eigenvalue weighted by atomic mass is 10.1. The second kappa shape index (κ2) is 7.48. The first-order valence-corrected chi connectivity index (χ1v) is 7.71. The Labute approximate surface area is 119 Å². The van der Waals surface area contributed by atoms with E-state index in [-0.39, 0.29) is 5.56 Å². The molecule has 5 heteroatoms. The largest absolute Gasteiger partial charge is 0.478 e. The van der Waals surface area contributed by atoms with Gasteiger partial charge in [0, 0.05) is 12.2 Å². The van der Waals surface area contributed by atoms with Crippen LogP contribution in [0.15, 0.2) is 5.03 Å². The van der Waals surface area contributed by atoms with E-state index >= 15 is 0 Å². The van der Waals surface area contributed by atoms with Crippen LogP contribution in [-0.2, 0) is 6.42 Å². The molecule has 1 rings (SSSR count). The Morgan fingerprint density at radius 2 is 2.05 bits per heavy atom. The maximum absolute atomic E-state index is 11.3. The van der Waals surface area contributed by atoms with Gasteiger partial charge in [0.1, 0.15) is 16.4 Å². The lowest BCUT2D eigenvalue weighted by molar-refractivity contribution is 0.0690. The van der Waals surface area contributed by atoms with Crippen molar-refractivity contribution in [1.29, 1.82) is 0 Å². The summed E-state index contributed by atoms with van der Waals surface area (Å²) in [6, 6.07) is 0. The molecule has 0 saturated carbocycles. The molecule has 0 saturated heterocycles. The minimum atomic E-state index is -0.939. The predicted octanol–water partition coefficient (Wildman–Crippen LogP) is 3.57. The molecule has 1 atom stereocenters. The molecule has 0 aliphatic carbocycles. The van der Waals surface area contributed by atoms with Gasteiger partial charge >= 0.3 is 5.97 Å². The third-order valence-electron chi connectivity index (χ3n) is 2.92. The van der Waals surface area contributed by atoms with Crippen molar-refractivity contribution in [3.63, 3.8) is 0 Å². The number of thioether (sulfide) groups is 1. The Morgan fingerprint density at radius 3 is 2.58 bits per heavy atom. The molecule has 0 aliphatic heterocycles. The minimum absolute atomic E-state index is 0.255. The molecule has 106 valence electrons. The highest BCUT2D eigenvalue weighted by Crippen LogP contribution is 2.26. The average Bonchev–Trinajstić information content (AvgIpc) is 2.35. The number of carboxylic acids is 1. The molecule has 0 spiro atoms. The number of aromatic nitrogens is 2. The number of carboxylic acid groups (broad SMARTS) is 1. The van der Waals surface area contributed by atoms with Gasteiger partial charge in [0.05, 0.1) is 5.69 Å². The highest BCUT2D eigenvalue weighted by Gasteiger charge is 2.18. The third-order valence-corrected chi connectivity index (χ3v) is 4.22. The van der Waals surface area contributed by atoms with Crippen LogP contribution in [0.25, 0.3) is 0 Å². The normalized spacial score (nSPS) is 12.4. The number of aromatic carboxylic acids is 1. The van der Waals surface area contributed by atoms with Crippen molar-refractivity contribution in [3.05, 3.63) is 17.1 Å². The molecule has 4 nitrogen and oxygen atoms in total. The standard InChI is InChI=1S/C14H22N2O2S/c1-5-7-9(3)8-19-13-12(14(17)18)10(4)15-11(6-2)16-13/h9H,5-8H2,1-4H3,(H,17,18). The summed E-state index contributed by atoms with van der Waals surface area (Å²) in [4.78, 5) is 19.9. The minimum Gasteiger partial charge on any atom is -0.478 e. The van der Waals surface area contributed by atoms with E-state index in [4.69, 9.17) is 0 Å². The molecule has 0 aliphatic rings. The van der Waals surface area contributed by atoms with Crippen molar-refractivity contribution in [1.82, 2.24) is 9.97 Å². The summed E-state index contributed by atoms with van der Waals surface area (Å²) in [5.74, 6) is 1.24. The molecule has 1 N–H and O–H groups in total. The summed E-state index contributed by atoms with van der Waals surface area (Å²) < 4.78 is 0. The van der Waals surface area contributed by atoms with Gasteiger partial charge in [0.15, 0.2) is 0 Å². The van der Waals surface area contributed by atoms with Crippen LogP contribution >= 0.6 is 11.8 Å². The molecule has 1 heterocycles. The van der Waals surface area contributed by atoms with Crippen LogP contribution in [0.5, 0.6) is 0 Å². The molecule has 0 radical (unpaired) electrons. The first kappa shape index (κ1) is 16.0. The smallest absolute Gasteiger partial charge is 0.340 e. The van der Waals surface area contributed by atoms with Gasteiger partial charge in [-0.05, 0) is 12.8 Å². The Morgan fingerprint density at radius 1 is 1.37 bits per heavy atom. The van der Waals surface area contributed by atoms with Gasteiger partial charge in [0.25, 0.3) is 0 Å². The SMILES string of the molecule is CCCC(C)CSc1nc(CC)nc(C)c1C(=O)O. The molecule has 0 amide bonds. The summed E-state index contributed by atoms with van der Waals surface area (Å²) in [5, 5.41) is 9.90. The first-order chi connectivity index (χ1) is 8.99. The summed E-state index contributed by atoms with van der Waals surface area (Å²) in [7, 11) is 0. The average molecular weight is 282 g/mol. The zero-order valence-electron chi connectivity index (χ0n) is 12.1. The number of hydrogen-bond donors (Lipinski definition) is 1. The second-order valence-corrected chi connectivity index (χ2v) is 5.78. The maximum atomic E-state index is 11.3. The van der Waals surface area contributed by atoms with Crippen LogP contribution in [0.2, 0.25) is 0 Å². The van der Waals surface area contributed by atoms with Gasteiger partial charge in [-0.1, -0.05) is 33.6 Å². The van der Waals surface area contributed by atoms with Crippen LogP contribution in [-0.4, -0.2) is 26.8 Å². The monoisotopic (exact) mass is 282 g/mol. The van der Waals surface area contributed by atoms with Crippen LogP contribution < -0.4 is 0 Å². The van der Waals surface area contributed by atoms with E-state index < -0.39 is 5.97 Å². The molecule has 1 unspecified atom stereocenters. The summed E-state index contributed by atoms with van der Waals surface area (Å²) in [6.45, 7) is 8.06. The summed E-state index contributed by atoms with van der Waals surface area (Å²) in [5.41, 5.74) is 0.816. The van der Waals surface area contributed by atoms with Crippen molar-refractivity contribution in [2.24, 2.45) is 5.92 Å². The summed E-state index contributed by atoms with van der Waals surface area (Å²) in [6.07, 6.45) is 3.02. The van der Waals surface area contributed by atoms with E-state index in [0.717, 1.165) is 25.0 Å². The number of nitrogens with zero attached hydrogens (tertiary/aromatic N) is 2. The van der Waals surface area contributed by atoms with E-state index in [1.807, 2.05) is 6.92 Å².